The average molecular weight is 425 g/mol. The molecule has 0 saturated heterocycles. The van der Waals surface area contributed by atoms with Gasteiger partial charge in [-0.05, 0) is 51.3 Å². The number of benzene rings is 1. The maximum Gasteiger partial charge on any atom is 0.408 e. The van der Waals surface area contributed by atoms with Gasteiger partial charge in [-0.3, -0.25) is 4.79 Å². The van der Waals surface area contributed by atoms with Crippen LogP contribution in [0, 0.1) is 5.92 Å². The van der Waals surface area contributed by atoms with Gasteiger partial charge in [-0.1, -0.05) is 12.1 Å². The van der Waals surface area contributed by atoms with Crippen molar-refractivity contribution in [3.8, 4) is 5.75 Å². The van der Waals surface area contributed by atoms with Gasteiger partial charge in [-0.25, -0.2) is 14.0 Å². The molecule has 0 spiro atoms. The number of carboxylic acids is 2. The van der Waals surface area contributed by atoms with Crippen LogP contribution < -0.4 is 10.1 Å². The molecule has 0 heterocycles. The van der Waals surface area contributed by atoms with E-state index in [1.807, 2.05) is 0 Å². The lowest BCUT2D eigenvalue weighted by molar-refractivity contribution is -0.144. The number of amides is 1. The van der Waals surface area contributed by atoms with Gasteiger partial charge in [0.25, 0.3) is 0 Å². The van der Waals surface area contributed by atoms with Crippen molar-refractivity contribution in [2.45, 2.75) is 70.4 Å². The molecular weight excluding hydrogens is 397 g/mol. The molecular formula is C21H28FNO7. The summed E-state index contributed by atoms with van der Waals surface area (Å²) in [5, 5.41) is 21.1. The fourth-order valence-corrected chi connectivity index (χ4v) is 3.01. The van der Waals surface area contributed by atoms with Crippen molar-refractivity contribution in [3.05, 3.63) is 29.8 Å². The Morgan fingerprint density at radius 3 is 2.20 bits per heavy atom. The van der Waals surface area contributed by atoms with E-state index in [-0.39, 0.29) is 18.9 Å². The number of aliphatic carboxylic acids is 2. The second kappa shape index (κ2) is 9.77. The van der Waals surface area contributed by atoms with Crippen LogP contribution >= 0.6 is 0 Å². The number of halogens is 1. The second-order valence-electron chi connectivity index (χ2n) is 8.46. The summed E-state index contributed by atoms with van der Waals surface area (Å²) in [5.41, 5.74) is -0.138. The van der Waals surface area contributed by atoms with Crippen molar-refractivity contribution in [2.75, 3.05) is 0 Å². The molecule has 0 aromatic heterocycles. The summed E-state index contributed by atoms with van der Waals surface area (Å²) in [6, 6.07) is 5.32. The molecule has 8 nitrogen and oxygen atoms in total. The number of alkyl carbamates (subject to hydrolysis) is 1. The number of rotatable bonds is 9. The highest BCUT2D eigenvalue weighted by Crippen LogP contribution is 2.28. The van der Waals surface area contributed by atoms with E-state index in [1.165, 1.54) is 0 Å². The minimum absolute atomic E-state index is 0.0748. The van der Waals surface area contributed by atoms with Gasteiger partial charge in [-0.15, -0.1) is 0 Å². The second-order valence-corrected chi connectivity index (χ2v) is 8.46. The first-order valence-electron chi connectivity index (χ1n) is 9.77. The molecule has 2 atom stereocenters. The van der Waals surface area contributed by atoms with Crippen molar-refractivity contribution in [1.29, 1.82) is 0 Å². The number of alkyl halides is 1. The summed E-state index contributed by atoms with van der Waals surface area (Å²) in [6.45, 7) is 4.91. The molecule has 1 aromatic carbocycles. The Hall–Kier alpha value is -2.84. The van der Waals surface area contributed by atoms with E-state index in [1.54, 1.807) is 45.0 Å². The summed E-state index contributed by atoms with van der Waals surface area (Å²) < 4.78 is 23.5. The highest BCUT2D eigenvalue weighted by atomic mass is 19.1. The Balaban J connectivity index is 1.97. The van der Waals surface area contributed by atoms with Gasteiger partial charge >= 0.3 is 18.0 Å². The summed E-state index contributed by atoms with van der Waals surface area (Å²) >= 11 is 0. The van der Waals surface area contributed by atoms with E-state index in [9.17, 15) is 29.0 Å². The SMILES string of the molecule is CC(C)(C)OC(=O)N[C@@H](C[C@H](Cc1ccc(OC2CC(F)C2)cc1)C(=O)O)C(=O)O. The van der Waals surface area contributed by atoms with E-state index in [0.29, 0.717) is 24.2 Å². The van der Waals surface area contributed by atoms with Gasteiger partial charge in [0.2, 0.25) is 0 Å². The molecule has 9 heteroatoms. The van der Waals surface area contributed by atoms with Crippen LogP contribution in [0.15, 0.2) is 24.3 Å². The van der Waals surface area contributed by atoms with Gasteiger partial charge in [0, 0.05) is 12.8 Å². The fourth-order valence-electron chi connectivity index (χ4n) is 3.01. The van der Waals surface area contributed by atoms with E-state index in [0.717, 1.165) is 0 Å². The minimum atomic E-state index is -1.41. The van der Waals surface area contributed by atoms with Gasteiger partial charge in [-0.2, -0.15) is 0 Å². The smallest absolute Gasteiger partial charge is 0.408 e. The highest BCUT2D eigenvalue weighted by Gasteiger charge is 2.31. The number of ether oxygens (including phenoxy) is 2. The van der Waals surface area contributed by atoms with Crippen molar-refractivity contribution in [2.24, 2.45) is 5.92 Å². The highest BCUT2D eigenvalue weighted by molar-refractivity contribution is 5.81. The molecule has 0 radical (unpaired) electrons. The molecule has 0 aliphatic heterocycles. The Morgan fingerprint density at radius 1 is 1.13 bits per heavy atom. The maximum atomic E-state index is 12.9. The van der Waals surface area contributed by atoms with Crippen LogP contribution in [-0.4, -0.2) is 52.2 Å². The first-order valence-corrected chi connectivity index (χ1v) is 9.77. The lowest BCUT2D eigenvalue weighted by Crippen LogP contribution is -2.45. The number of nitrogens with one attached hydrogen (secondary N) is 1. The molecule has 1 aromatic rings. The first kappa shape index (κ1) is 23.4. The van der Waals surface area contributed by atoms with E-state index in [2.05, 4.69) is 5.32 Å². The molecule has 166 valence electrons. The van der Waals surface area contributed by atoms with Crippen LogP contribution in [0.1, 0.15) is 45.6 Å². The third-order valence-electron chi connectivity index (χ3n) is 4.60. The molecule has 30 heavy (non-hydrogen) atoms. The van der Waals surface area contributed by atoms with Crippen molar-refractivity contribution in [3.63, 3.8) is 0 Å². The zero-order chi connectivity index (χ0) is 22.5. The summed E-state index contributed by atoms with van der Waals surface area (Å²) in [5.74, 6) is -2.98. The largest absolute Gasteiger partial charge is 0.490 e. The summed E-state index contributed by atoms with van der Waals surface area (Å²) in [7, 11) is 0. The Labute approximate surface area is 174 Å². The molecule has 3 N–H and O–H groups in total. The van der Waals surface area contributed by atoms with Crippen LogP contribution in [0.4, 0.5) is 9.18 Å². The van der Waals surface area contributed by atoms with Crippen LogP contribution in [0.2, 0.25) is 0 Å². The van der Waals surface area contributed by atoms with E-state index < -0.39 is 41.8 Å². The zero-order valence-corrected chi connectivity index (χ0v) is 17.3. The average Bonchev–Trinajstić information content (AvgIpc) is 2.58. The predicted octanol–water partition coefficient (Wildman–Crippen LogP) is 3.18. The lowest BCUT2D eigenvalue weighted by atomic mass is 9.92. The van der Waals surface area contributed by atoms with Crippen LogP contribution in [0.25, 0.3) is 0 Å². The van der Waals surface area contributed by atoms with Crippen LogP contribution in [0.3, 0.4) is 0 Å². The molecule has 1 amide bonds. The van der Waals surface area contributed by atoms with E-state index >= 15 is 0 Å². The van der Waals surface area contributed by atoms with Gasteiger partial charge < -0.3 is 25.0 Å². The van der Waals surface area contributed by atoms with E-state index in [4.69, 9.17) is 9.47 Å². The third kappa shape index (κ3) is 7.53. The molecule has 0 unspecified atom stereocenters. The van der Waals surface area contributed by atoms with Gasteiger partial charge in [0.15, 0.2) is 0 Å². The Morgan fingerprint density at radius 2 is 1.73 bits per heavy atom. The number of hydrogen-bond donors (Lipinski definition) is 3. The minimum Gasteiger partial charge on any atom is -0.490 e. The number of carbonyl (C=O) groups is 3. The van der Waals surface area contributed by atoms with Crippen LogP contribution in [0.5, 0.6) is 5.75 Å². The zero-order valence-electron chi connectivity index (χ0n) is 17.3. The quantitative estimate of drug-likeness (QED) is 0.555. The predicted molar refractivity (Wildman–Crippen MR) is 105 cm³/mol. The molecule has 1 saturated carbocycles. The van der Waals surface area contributed by atoms with Crippen molar-refractivity contribution < 1.29 is 38.5 Å². The van der Waals surface area contributed by atoms with Crippen molar-refractivity contribution in [1.82, 2.24) is 5.32 Å². The summed E-state index contributed by atoms with van der Waals surface area (Å²) in [4.78, 5) is 35.1. The maximum absolute atomic E-state index is 12.9. The standard InChI is InChI=1S/C21H28FNO7/c1-21(2,3)30-20(28)23-17(19(26)27)9-13(18(24)25)8-12-4-6-15(7-5-12)29-16-10-14(22)11-16/h4-7,13-14,16-17H,8-11H2,1-3H3,(H,23,28)(H,24,25)(H,26,27)/t13-,14?,16?,17-/m0/s1. The Bertz CT molecular complexity index is 754. The Kier molecular flexibility index (Phi) is 7.64. The third-order valence-corrected chi connectivity index (χ3v) is 4.60. The fraction of sp³-hybridized carbons (Fsp3) is 0.571. The number of hydrogen-bond acceptors (Lipinski definition) is 5. The molecule has 1 fully saturated rings. The monoisotopic (exact) mass is 425 g/mol. The molecule has 1 aliphatic rings. The normalized spacial score (nSPS) is 20.4. The van der Waals surface area contributed by atoms with Crippen LogP contribution in [-0.2, 0) is 20.7 Å². The summed E-state index contributed by atoms with van der Waals surface area (Å²) in [6.07, 6.45) is -1.39. The molecule has 2 rings (SSSR count). The van der Waals surface area contributed by atoms with Crippen molar-refractivity contribution >= 4 is 18.0 Å². The molecule has 0 bridgehead atoms. The number of carboxylic acid groups (broad SMARTS) is 2. The number of carbonyl (C=O) groups excluding carboxylic acids is 1. The van der Waals surface area contributed by atoms with Gasteiger partial charge in [0.1, 0.15) is 29.7 Å². The van der Waals surface area contributed by atoms with Gasteiger partial charge in [0.05, 0.1) is 5.92 Å². The molecule has 1 aliphatic carbocycles. The lowest BCUT2D eigenvalue weighted by Gasteiger charge is -2.30. The topological polar surface area (TPSA) is 122 Å². The first-order chi connectivity index (χ1) is 13.9.